The van der Waals surface area contributed by atoms with Gasteiger partial charge in [0.05, 0.1) is 0 Å². The SMILES string of the molecule is CC1C2=CC=CC2C(C)C(C)C1C. The van der Waals surface area contributed by atoms with Crippen LogP contribution in [-0.4, -0.2) is 0 Å². The Hall–Kier alpha value is -0.520. The molecule has 0 aliphatic heterocycles. The molecule has 0 aromatic rings. The van der Waals surface area contributed by atoms with E-state index in [9.17, 15) is 0 Å². The van der Waals surface area contributed by atoms with Crippen molar-refractivity contribution in [3.63, 3.8) is 0 Å². The summed E-state index contributed by atoms with van der Waals surface area (Å²) in [5.74, 6) is 4.07. The van der Waals surface area contributed by atoms with E-state index in [1.54, 1.807) is 5.57 Å². The molecule has 72 valence electrons. The Morgan fingerprint density at radius 1 is 0.923 bits per heavy atom. The van der Waals surface area contributed by atoms with Crippen molar-refractivity contribution in [3.05, 3.63) is 23.8 Å². The second kappa shape index (κ2) is 3.01. The molecule has 0 bridgehead atoms. The number of hydrogen-bond donors (Lipinski definition) is 0. The van der Waals surface area contributed by atoms with Crippen LogP contribution in [0.15, 0.2) is 23.8 Å². The van der Waals surface area contributed by atoms with Crippen molar-refractivity contribution < 1.29 is 0 Å². The summed E-state index contributed by atoms with van der Waals surface area (Å²) >= 11 is 0. The molecule has 0 N–H and O–H groups in total. The van der Waals surface area contributed by atoms with Gasteiger partial charge in [-0.05, 0) is 23.7 Å². The molecule has 0 spiro atoms. The van der Waals surface area contributed by atoms with Crippen LogP contribution in [0.3, 0.4) is 0 Å². The second-order valence-electron chi connectivity index (χ2n) is 4.94. The number of rotatable bonds is 0. The molecule has 0 heterocycles. The summed E-state index contributed by atoms with van der Waals surface area (Å²) in [7, 11) is 0. The van der Waals surface area contributed by atoms with E-state index in [1.807, 2.05) is 0 Å². The summed E-state index contributed by atoms with van der Waals surface area (Å²) in [6, 6.07) is 0. The summed E-state index contributed by atoms with van der Waals surface area (Å²) in [6.07, 6.45) is 6.98. The van der Waals surface area contributed by atoms with Gasteiger partial charge in [0.1, 0.15) is 0 Å². The standard InChI is InChI=1S/C13H20/c1-8-9(2)11(4)13-7-5-6-12(13)10(8)3/h5-12H,1-4H3. The van der Waals surface area contributed by atoms with Crippen LogP contribution in [0, 0.1) is 29.6 Å². The average molecular weight is 176 g/mol. The molecule has 0 nitrogen and oxygen atoms in total. The van der Waals surface area contributed by atoms with Gasteiger partial charge < -0.3 is 0 Å². The number of allylic oxidation sites excluding steroid dienone is 4. The molecule has 0 radical (unpaired) electrons. The second-order valence-corrected chi connectivity index (χ2v) is 4.94. The van der Waals surface area contributed by atoms with E-state index in [2.05, 4.69) is 45.9 Å². The molecule has 0 amide bonds. The first kappa shape index (κ1) is 9.05. The van der Waals surface area contributed by atoms with Gasteiger partial charge in [-0.15, -0.1) is 0 Å². The maximum absolute atomic E-state index is 2.41. The minimum absolute atomic E-state index is 0.751. The molecule has 13 heavy (non-hydrogen) atoms. The highest BCUT2D eigenvalue weighted by atomic mass is 14.4. The van der Waals surface area contributed by atoms with Gasteiger partial charge in [0, 0.05) is 5.92 Å². The van der Waals surface area contributed by atoms with E-state index in [4.69, 9.17) is 0 Å². The van der Waals surface area contributed by atoms with Crippen molar-refractivity contribution >= 4 is 0 Å². The molecule has 1 saturated carbocycles. The van der Waals surface area contributed by atoms with Crippen molar-refractivity contribution in [3.8, 4) is 0 Å². The summed E-state index contributed by atoms with van der Waals surface area (Å²) in [5.41, 5.74) is 1.68. The quantitative estimate of drug-likeness (QED) is 0.528. The van der Waals surface area contributed by atoms with Gasteiger partial charge in [0.25, 0.3) is 0 Å². The lowest BCUT2D eigenvalue weighted by Gasteiger charge is -2.42. The van der Waals surface area contributed by atoms with Crippen LogP contribution in [0.25, 0.3) is 0 Å². The summed E-state index contributed by atoms with van der Waals surface area (Å²) in [6.45, 7) is 9.61. The lowest BCUT2D eigenvalue weighted by Crippen LogP contribution is -2.35. The van der Waals surface area contributed by atoms with E-state index in [-0.39, 0.29) is 0 Å². The average Bonchev–Trinajstić information content (AvgIpc) is 2.59. The minimum Gasteiger partial charge on any atom is -0.0770 e. The van der Waals surface area contributed by atoms with Gasteiger partial charge in [0.2, 0.25) is 0 Å². The van der Waals surface area contributed by atoms with Crippen LogP contribution < -0.4 is 0 Å². The predicted molar refractivity (Wildman–Crippen MR) is 57.4 cm³/mol. The molecule has 1 fully saturated rings. The first-order valence-corrected chi connectivity index (χ1v) is 5.51. The molecule has 5 unspecified atom stereocenters. The summed E-state index contributed by atoms with van der Waals surface area (Å²) < 4.78 is 0. The monoisotopic (exact) mass is 176 g/mol. The van der Waals surface area contributed by atoms with Gasteiger partial charge in [0.15, 0.2) is 0 Å². The highest BCUT2D eigenvalue weighted by Gasteiger charge is 2.39. The zero-order chi connectivity index (χ0) is 9.59. The van der Waals surface area contributed by atoms with E-state index in [0.29, 0.717) is 0 Å². The van der Waals surface area contributed by atoms with Crippen LogP contribution >= 0.6 is 0 Å². The Morgan fingerprint density at radius 2 is 1.62 bits per heavy atom. The Balaban J connectivity index is 2.30. The van der Waals surface area contributed by atoms with Crippen molar-refractivity contribution in [2.24, 2.45) is 29.6 Å². The van der Waals surface area contributed by atoms with Gasteiger partial charge in [-0.25, -0.2) is 0 Å². The van der Waals surface area contributed by atoms with E-state index < -0.39 is 0 Å². The third-order valence-electron chi connectivity index (χ3n) is 4.53. The largest absolute Gasteiger partial charge is 0.0770 e. The van der Waals surface area contributed by atoms with Crippen molar-refractivity contribution in [2.45, 2.75) is 27.7 Å². The smallest absolute Gasteiger partial charge is 0.00140 e. The highest BCUT2D eigenvalue weighted by molar-refractivity contribution is 5.32. The van der Waals surface area contributed by atoms with E-state index in [0.717, 1.165) is 29.6 Å². The topological polar surface area (TPSA) is 0 Å². The minimum atomic E-state index is 0.751. The Bertz CT molecular complexity index is 259. The van der Waals surface area contributed by atoms with Gasteiger partial charge in [-0.2, -0.15) is 0 Å². The molecule has 2 aliphatic carbocycles. The molecule has 0 heteroatoms. The Morgan fingerprint density at radius 3 is 2.31 bits per heavy atom. The van der Waals surface area contributed by atoms with E-state index >= 15 is 0 Å². The molecular formula is C13H20. The first-order chi connectivity index (χ1) is 6.13. The highest BCUT2D eigenvalue weighted by Crippen LogP contribution is 2.47. The molecule has 0 aromatic heterocycles. The van der Waals surface area contributed by atoms with E-state index in [1.165, 1.54) is 0 Å². The normalized spacial score (nSPS) is 48.9. The summed E-state index contributed by atoms with van der Waals surface area (Å²) in [4.78, 5) is 0. The zero-order valence-electron chi connectivity index (χ0n) is 9.12. The fraction of sp³-hybridized carbons (Fsp3) is 0.692. The van der Waals surface area contributed by atoms with Crippen LogP contribution in [0.5, 0.6) is 0 Å². The number of hydrogen-bond acceptors (Lipinski definition) is 0. The van der Waals surface area contributed by atoms with Crippen LogP contribution in [0.1, 0.15) is 27.7 Å². The molecule has 0 saturated heterocycles. The molecule has 5 atom stereocenters. The fourth-order valence-corrected chi connectivity index (χ4v) is 3.01. The molecular weight excluding hydrogens is 156 g/mol. The lowest BCUT2D eigenvalue weighted by atomic mass is 9.63. The third-order valence-corrected chi connectivity index (χ3v) is 4.53. The van der Waals surface area contributed by atoms with Crippen LogP contribution in [0.2, 0.25) is 0 Å². The van der Waals surface area contributed by atoms with Crippen LogP contribution in [-0.2, 0) is 0 Å². The molecule has 2 rings (SSSR count). The zero-order valence-corrected chi connectivity index (χ0v) is 9.12. The summed E-state index contributed by atoms with van der Waals surface area (Å²) in [5, 5.41) is 0. The number of fused-ring (bicyclic) bond motifs is 1. The fourth-order valence-electron chi connectivity index (χ4n) is 3.01. The Kier molecular flexibility index (Phi) is 2.09. The van der Waals surface area contributed by atoms with Gasteiger partial charge in [-0.3, -0.25) is 0 Å². The lowest BCUT2D eigenvalue weighted by molar-refractivity contribution is 0.155. The maximum Gasteiger partial charge on any atom is 0.00140 e. The Labute approximate surface area is 81.7 Å². The predicted octanol–water partition coefficient (Wildman–Crippen LogP) is 3.66. The molecule has 2 aliphatic rings. The van der Waals surface area contributed by atoms with Crippen molar-refractivity contribution in [1.29, 1.82) is 0 Å². The van der Waals surface area contributed by atoms with Gasteiger partial charge >= 0.3 is 0 Å². The molecule has 0 aromatic carbocycles. The van der Waals surface area contributed by atoms with Crippen LogP contribution in [0.4, 0.5) is 0 Å². The third kappa shape index (κ3) is 1.19. The maximum atomic E-state index is 2.41. The van der Waals surface area contributed by atoms with Crippen molar-refractivity contribution in [1.82, 2.24) is 0 Å². The van der Waals surface area contributed by atoms with Crippen molar-refractivity contribution in [2.75, 3.05) is 0 Å². The van der Waals surface area contributed by atoms with Gasteiger partial charge in [-0.1, -0.05) is 51.5 Å². The first-order valence-electron chi connectivity index (χ1n) is 5.51.